The first-order valence-corrected chi connectivity index (χ1v) is 4.31. The van der Waals surface area contributed by atoms with Crippen LogP contribution in [-0.2, 0) is 0 Å². The van der Waals surface area contributed by atoms with Gasteiger partial charge in [-0.1, -0.05) is 13.8 Å². The molecule has 0 N–H and O–H groups in total. The molecule has 0 aliphatic heterocycles. The molecule has 0 amide bonds. The van der Waals surface area contributed by atoms with Crippen LogP contribution >= 0.6 is 0 Å². The lowest BCUT2D eigenvalue weighted by Crippen LogP contribution is -2.45. The van der Waals surface area contributed by atoms with Gasteiger partial charge >= 0.3 is 0 Å². The van der Waals surface area contributed by atoms with Crippen LogP contribution in [0.4, 0.5) is 0 Å². The standard InChI is InChI=1S/C9H21N3/c1-8(2)9(11(4)5)12(6)7-10-3/h7-9H,1-6H3. The maximum Gasteiger partial charge on any atom is 0.0856 e. The molecule has 0 aromatic heterocycles. The Morgan fingerprint density at radius 2 is 1.67 bits per heavy atom. The van der Waals surface area contributed by atoms with Crippen molar-refractivity contribution >= 4 is 6.34 Å². The largest absolute Gasteiger partial charge is 0.350 e. The summed E-state index contributed by atoms with van der Waals surface area (Å²) < 4.78 is 0. The van der Waals surface area contributed by atoms with Crippen molar-refractivity contribution in [3.8, 4) is 0 Å². The van der Waals surface area contributed by atoms with Crippen LogP contribution in [0, 0.1) is 5.92 Å². The second-order valence-electron chi connectivity index (χ2n) is 3.66. The number of aliphatic imine (C=N–C) groups is 1. The van der Waals surface area contributed by atoms with Crippen LogP contribution in [0.25, 0.3) is 0 Å². The maximum atomic E-state index is 4.00. The Morgan fingerprint density at radius 1 is 1.17 bits per heavy atom. The third-order valence-corrected chi connectivity index (χ3v) is 1.84. The molecule has 1 atom stereocenters. The van der Waals surface area contributed by atoms with Gasteiger partial charge in [0.2, 0.25) is 0 Å². The van der Waals surface area contributed by atoms with E-state index in [1.165, 1.54) is 0 Å². The quantitative estimate of drug-likeness (QED) is 0.358. The Morgan fingerprint density at radius 3 is 1.92 bits per heavy atom. The van der Waals surface area contributed by atoms with E-state index in [-0.39, 0.29) is 0 Å². The highest BCUT2D eigenvalue weighted by Gasteiger charge is 2.18. The third-order valence-electron chi connectivity index (χ3n) is 1.84. The molecule has 3 nitrogen and oxygen atoms in total. The van der Waals surface area contributed by atoms with Gasteiger partial charge in [-0.25, -0.2) is 0 Å². The van der Waals surface area contributed by atoms with E-state index < -0.39 is 0 Å². The van der Waals surface area contributed by atoms with Gasteiger partial charge in [-0.15, -0.1) is 0 Å². The van der Waals surface area contributed by atoms with Gasteiger partial charge in [-0.2, -0.15) is 0 Å². The molecule has 0 saturated carbocycles. The van der Waals surface area contributed by atoms with Crippen LogP contribution < -0.4 is 0 Å². The van der Waals surface area contributed by atoms with Gasteiger partial charge in [0, 0.05) is 14.1 Å². The minimum absolute atomic E-state index is 0.425. The molecule has 0 aliphatic rings. The Kier molecular flexibility index (Phi) is 4.90. The summed E-state index contributed by atoms with van der Waals surface area (Å²) in [6.07, 6.45) is 2.29. The van der Waals surface area contributed by atoms with Gasteiger partial charge in [0.1, 0.15) is 0 Å². The normalized spacial score (nSPS) is 14.7. The van der Waals surface area contributed by atoms with Gasteiger partial charge in [-0.3, -0.25) is 9.89 Å². The fourth-order valence-electron chi connectivity index (χ4n) is 1.68. The van der Waals surface area contributed by atoms with E-state index in [0.29, 0.717) is 12.1 Å². The predicted molar refractivity (Wildman–Crippen MR) is 54.5 cm³/mol. The smallest absolute Gasteiger partial charge is 0.0856 e. The zero-order valence-corrected chi connectivity index (χ0v) is 9.07. The van der Waals surface area contributed by atoms with E-state index in [4.69, 9.17) is 0 Å². The van der Waals surface area contributed by atoms with E-state index in [2.05, 4.69) is 49.8 Å². The fourth-order valence-corrected chi connectivity index (χ4v) is 1.68. The van der Waals surface area contributed by atoms with Crippen LogP contribution in [0.3, 0.4) is 0 Å². The van der Waals surface area contributed by atoms with Crippen molar-refractivity contribution in [2.75, 3.05) is 28.2 Å². The first kappa shape index (κ1) is 11.4. The SMILES string of the molecule is CN=CN(C)C(C(C)C)N(C)C. The van der Waals surface area contributed by atoms with E-state index in [9.17, 15) is 0 Å². The Labute approximate surface area is 76.1 Å². The van der Waals surface area contributed by atoms with Crippen molar-refractivity contribution in [3.05, 3.63) is 0 Å². The summed E-state index contributed by atoms with van der Waals surface area (Å²) in [5, 5.41) is 0. The fraction of sp³-hybridized carbons (Fsp3) is 0.889. The summed E-state index contributed by atoms with van der Waals surface area (Å²) in [6.45, 7) is 4.43. The molecule has 0 saturated heterocycles. The zero-order chi connectivity index (χ0) is 9.72. The number of nitrogens with zero attached hydrogens (tertiary/aromatic N) is 3. The van der Waals surface area contributed by atoms with Crippen molar-refractivity contribution in [3.63, 3.8) is 0 Å². The lowest BCUT2D eigenvalue weighted by molar-refractivity contribution is 0.121. The zero-order valence-electron chi connectivity index (χ0n) is 9.07. The molecule has 0 fully saturated rings. The van der Waals surface area contributed by atoms with Crippen LogP contribution in [0.5, 0.6) is 0 Å². The molecule has 0 aromatic rings. The summed E-state index contributed by atoms with van der Waals surface area (Å²) in [7, 11) is 8.02. The average Bonchev–Trinajstić information content (AvgIpc) is 1.85. The monoisotopic (exact) mass is 171 g/mol. The van der Waals surface area contributed by atoms with Gasteiger partial charge in [0.05, 0.1) is 12.5 Å². The summed E-state index contributed by atoms with van der Waals surface area (Å²) in [6, 6.07) is 0. The molecule has 0 radical (unpaired) electrons. The van der Waals surface area contributed by atoms with Crippen molar-refractivity contribution < 1.29 is 0 Å². The molecule has 72 valence electrons. The van der Waals surface area contributed by atoms with E-state index in [1.807, 2.05) is 6.34 Å². The van der Waals surface area contributed by atoms with Crippen LogP contribution in [0.1, 0.15) is 13.8 Å². The van der Waals surface area contributed by atoms with E-state index >= 15 is 0 Å². The molecule has 0 aromatic carbocycles. The summed E-state index contributed by atoms with van der Waals surface area (Å²) >= 11 is 0. The Balaban J connectivity index is 4.29. The third kappa shape index (κ3) is 3.22. The molecule has 0 aliphatic carbocycles. The lowest BCUT2D eigenvalue weighted by Gasteiger charge is -2.34. The Bertz CT molecular complexity index is 133. The molecule has 12 heavy (non-hydrogen) atoms. The van der Waals surface area contributed by atoms with Gasteiger partial charge in [0.25, 0.3) is 0 Å². The van der Waals surface area contributed by atoms with Gasteiger partial charge in [-0.05, 0) is 20.0 Å². The highest BCUT2D eigenvalue weighted by Crippen LogP contribution is 2.09. The van der Waals surface area contributed by atoms with Crippen molar-refractivity contribution in [2.45, 2.75) is 20.0 Å². The number of hydrogen-bond acceptors (Lipinski definition) is 2. The van der Waals surface area contributed by atoms with Crippen LogP contribution in [0.2, 0.25) is 0 Å². The van der Waals surface area contributed by atoms with E-state index in [1.54, 1.807) is 7.05 Å². The molecule has 1 unspecified atom stereocenters. The minimum atomic E-state index is 0.425. The molecule has 0 heterocycles. The second-order valence-corrected chi connectivity index (χ2v) is 3.66. The summed E-state index contributed by atoms with van der Waals surface area (Å²) in [5.74, 6) is 0.600. The first-order chi connectivity index (χ1) is 5.50. The van der Waals surface area contributed by atoms with Gasteiger partial charge < -0.3 is 4.90 Å². The molecule has 0 spiro atoms. The highest BCUT2D eigenvalue weighted by atomic mass is 15.3. The van der Waals surface area contributed by atoms with Crippen molar-refractivity contribution in [2.24, 2.45) is 10.9 Å². The average molecular weight is 171 g/mol. The molecule has 0 bridgehead atoms. The lowest BCUT2D eigenvalue weighted by atomic mass is 10.1. The second kappa shape index (κ2) is 5.14. The van der Waals surface area contributed by atoms with Crippen LogP contribution in [0.15, 0.2) is 4.99 Å². The number of hydrogen-bond donors (Lipinski definition) is 0. The summed E-state index contributed by atoms with van der Waals surface area (Å²) in [4.78, 5) is 8.33. The Hall–Kier alpha value is -0.570. The predicted octanol–water partition coefficient (Wildman–Crippen LogP) is 1.12. The molecule has 3 heteroatoms. The van der Waals surface area contributed by atoms with E-state index in [0.717, 1.165) is 0 Å². The van der Waals surface area contributed by atoms with Crippen molar-refractivity contribution in [1.82, 2.24) is 9.80 Å². The van der Waals surface area contributed by atoms with Gasteiger partial charge in [0.15, 0.2) is 0 Å². The minimum Gasteiger partial charge on any atom is -0.350 e. The molecular weight excluding hydrogens is 150 g/mol. The first-order valence-electron chi connectivity index (χ1n) is 4.31. The molecular formula is C9H21N3. The summed E-state index contributed by atoms with van der Waals surface area (Å²) in [5.41, 5.74) is 0. The number of rotatable bonds is 4. The topological polar surface area (TPSA) is 18.8 Å². The molecule has 0 rings (SSSR count). The van der Waals surface area contributed by atoms with Crippen molar-refractivity contribution in [1.29, 1.82) is 0 Å². The maximum absolute atomic E-state index is 4.00. The highest BCUT2D eigenvalue weighted by molar-refractivity contribution is 5.54. The van der Waals surface area contributed by atoms with Crippen LogP contribution in [-0.4, -0.2) is 50.5 Å².